The maximum absolute atomic E-state index is 5.79. The number of rotatable bonds is 4. The van der Waals surface area contributed by atoms with Gasteiger partial charge in [-0.25, -0.2) is 0 Å². The number of hydrogen-bond donors (Lipinski definition) is 0. The summed E-state index contributed by atoms with van der Waals surface area (Å²) in [6.45, 7) is 8.72. The number of ether oxygens (including phenoxy) is 2. The normalized spacial score (nSPS) is 16.7. The lowest BCUT2D eigenvalue weighted by molar-refractivity contribution is 0.415. The van der Waals surface area contributed by atoms with E-state index in [4.69, 9.17) is 9.47 Å². The second-order valence-corrected chi connectivity index (χ2v) is 12.6. The Labute approximate surface area is 195 Å². The van der Waals surface area contributed by atoms with Crippen molar-refractivity contribution in [3.05, 3.63) is 63.5 Å². The van der Waals surface area contributed by atoms with Crippen LogP contribution >= 0.6 is 47.0 Å². The highest BCUT2D eigenvalue weighted by Crippen LogP contribution is 2.52. The maximum Gasteiger partial charge on any atom is 0.127 e. The predicted octanol–water partition coefficient (Wildman–Crippen LogP) is 8.92. The van der Waals surface area contributed by atoms with E-state index in [0.29, 0.717) is 0 Å². The Bertz CT molecular complexity index is 1030. The van der Waals surface area contributed by atoms with Crippen LogP contribution in [0.3, 0.4) is 0 Å². The first-order valence-corrected chi connectivity index (χ1v) is 12.8. The predicted molar refractivity (Wildman–Crippen MR) is 140 cm³/mol. The Kier molecular flexibility index (Phi) is 6.58. The van der Waals surface area contributed by atoms with Crippen LogP contribution in [-0.2, 0) is 0 Å². The molecule has 2 aliphatic rings. The lowest BCUT2D eigenvalue weighted by atomic mass is 9.98. The first-order chi connectivity index (χ1) is 14.4. The van der Waals surface area contributed by atoms with Gasteiger partial charge in [0.1, 0.15) is 11.5 Å². The van der Waals surface area contributed by atoms with E-state index in [2.05, 4.69) is 64.1 Å². The SMILES string of the molecule is COc1ccc(C=C2SC(C)=C(C)S2)c2c(OC)ccc(C=C3SC(C)=C(C)S3)c12. The molecule has 0 aromatic heterocycles. The van der Waals surface area contributed by atoms with Crippen LogP contribution in [0.15, 0.2) is 52.4 Å². The molecule has 0 N–H and O–H groups in total. The number of hydrogen-bond acceptors (Lipinski definition) is 6. The Morgan fingerprint density at radius 3 is 1.20 bits per heavy atom. The van der Waals surface area contributed by atoms with Crippen molar-refractivity contribution in [3.8, 4) is 11.5 Å². The molecule has 2 heterocycles. The molecular formula is C24H24O2S4. The van der Waals surface area contributed by atoms with E-state index in [-0.39, 0.29) is 0 Å². The van der Waals surface area contributed by atoms with Gasteiger partial charge in [-0.05, 0) is 82.7 Å². The highest BCUT2D eigenvalue weighted by Gasteiger charge is 2.19. The molecule has 0 radical (unpaired) electrons. The average Bonchev–Trinajstić information content (AvgIpc) is 3.21. The molecule has 2 nitrogen and oxygen atoms in total. The number of fused-ring (bicyclic) bond motifs is 1. The van der Waals surface area contributed by atoms with Crippen molar-refractivity contribution >= 4 is 70.0 Å². The average molecular weight is 473 g/mol. The van der Waals surface area contributed by atoms with E-state index in [0.717, 1.165) is 33.4 Å². The maximum atomic E-state index is 5.79. The van der Waals surface area contributed by atoms with Crippen LogP contribution in [0.5, 0.6) is 11.5 Å². The van der Waals surface area contributed by atoms with Gasteiger partial charge in [0.15, 0.2) is 0 Å². The summed E-state index contributed by atoms with van der Waals surface area (Å²) in [5.74, 6) is 1.73. The summed E-state index contributed by atoms with van der Waals surface area (Å²) in [5.41, 5.74) is 2.30. The Morgan fingerprint density at radius 2 is 0.900 bits per heavy atom. The summed E-state index contributed by atoms with van der Waals surface area (Å²) >= 11 is 7.36. The molecule has 6 heteroatoms. The molecule has 2 aromatic rings. The van der Waals surface area contributed by atoms with Crippen LogP contribution in [0.2, 0.25) is 0 Å². The molecule has 30 heavy (non-hydrogen) atoms. The molecule has 0 saturated heterocycles. The minimum absolute atomic E-state index is 0.865. The van der Waals surface area contributed by atoms with Gasteiger partial charge in [-0.15, -0.1) is 0 Å². The standard InChI is InChI=1S/C24H24O2S4/c1-13-14(2)28-21(27-13)11-17-7-9-20(26-6)24-18(8-10-19(25-5)23(17)24)12-22-29-15(3)16(4)30-22/h7-12H,1-6H3. The van der Waals surface area contributed by atoms with Gasteiger partial charge in [-0.3, -0.25) is 0 Å². The number of methoxy groups -OCH3 is 2. The van der Waals surface area contributed by atoms with Crippen LogP contribution in [0, 0.1) is 0 Å². The molecule has 0 unspecified atom stereocenters. The second kappa shape index (κ2) is 9.03. The van der Waals surface area contributed by atoms with E-state index in [9.17, 15) is 0 Å². The molecule has 0 atom stereocenters. The molecule has 2 aliphatic heterocycles. The fraction of sp³-hybridized carbons (Fsp3) is 0.250. The third-order valence-electron chi connectivity index (χ3n) is 5.14. The Hall–Kier alpha value is -1.34. The molecular weight excluding hydrogens is 449 g/mol. The Morgan fingerprint density at radius 1 is 0.567 bits per heavy atom. The topological polar surface area (TPSA) is 18.5 Å². The summed E-state index contributed by atoms with van der Waals surface area (Å²) in [4.78, 5) is 5.48. The molecule has 0 amide bonds. The Balaban J connectivity index is 1.90. The van der Waals surface area contributed by atoms with Gasteiger partial charge >= 0.3 is 0 Å². The largest absolute Gasteiger partial charge is 0.496 e. The number of benzene rings is 2. The quantitative estimate of drug-likeness (QED) is 0.439. The van der Waals surface area contributed by atoms with E-state index in [1.165, 1.54) is 28.1 Å². The minimum Gasteiger partial charge on any atom is -0.496 e. The van der Waals surface area contributed by atoms with Crippen LogP contribution < -0.4 is 9.47 Å². The summed E-state index contributed by atoms with van der Waals surface area (Å²) in [6.07, 6.45) is 4.54. The van der Waals surface area contributed by atoms with Crippen molar-refractivity contribution in [3.63, 3.8) is 0 Å². The van der Waals surface area contributed by atoms with Crippen LogP contribution in [0.1, 0.15) is 38.8 Å². The van der Waals surface area contributed by atoms with Gasteiger partial charge in [0.2, 0.25) is 0 Å². The zero-order valence-electron chi connectivity index (χ0n) is 17.9. The zero-order valence-corrected chi connectivity index (χ0v) is 21.2. The first-order valence-electron chi connectivity index (χ1n) is 9.58. The van der Waals surface area contributed by atoms with E-state index in [1.54, 1.807) is 14.2 Å². The second-order valence-electron chi connectivity index (χ2n) is 7.02. The summed E-state index contributed by atoms with van der Waals surface area (Å²) < 4.78 is 14.2. The smallest absolute Gasteiger partial charge is 0.127 e. The van der Waals surface area contributed by atoms with Crippen molar-refractivity contribution in [2.45, 2.75) is 27.7 Å². The van der Waals surface area contributed by atoms with Crippen LogP contribution in [-0.4, -0.2) is 14.2 Å². The molecule has 0 spiro atoms. The molecule has 2 aromatic carbocycles. The van der Waals surface area contributed by atoms with E-state index >= 15 is 0 Å². The highest BCUT2D eigenvalue weighted by atomic mass is 32.2. The van der Waals surface area contributed by atoms with Gasteiger partial charge in [0.05, 0.1) is 14.2 Å². The summed E-state index contributed by atoms with van der Waals surface area (Å²) in [5, 5.41) is 2.19. The van der Waals surface area contributed by atoms with Crippen LogP contribution in [0.25, 0.3) is 22.9 Å². The monoisotopic (exact) mass is 472 g/mol. The fourth-order valence-electron chi connectivity index (χ4n) is 3.37. The lowest BCUT2D eigenvalue weighted by Gasteiger charge is -2.15. The zero-order chi connectivity index (χ0) is 21.4. The van der Waals surface area contributed by atoms with Gasteiger partial charge in [-0.1, -0.05) is 59.2 Å². The molecule has 4 rings (SSSR count). The van der Waals surface area contributed by atoms with Crippen molar-refractivity contribution in [1.29, 1.82) is 0 Å². The molecule has 156 valence electrons. The molecule has 0 aliphatic carbocycles. The van der Waals surface area contributed by atoms with E-state index in [1.807, 2.05) is 47.0 Å². The highest BCUT2D eigenvalue weighted by molar-refractivity contribution is 8.29. The molecule has 0 bridgehead atoms. The first kappa shape index (κ1) is 21.9. The number of allylic oxidation sites excluding steroid dienone is 4. The van der Waals surface area contributed by atoms with Gasteiger partial charge in [-0.2, -0.15) is 0 Å². The van der Waals surface area contributed by atoms with Crippen molar-refractivity contribution in [2.24, 2.45) is 0 Å². The minimum atomic E-state index is 0.865. The summed E-state index contributed by atoms with van der Waals surface area (Å²) in [7, 11) is 3.47. The number of thioether (sulfide) groups is 4. The third kappa shape index (κ3) is 4.20. The third-order valence-corrected chi connectivity index (χ3v) is 10.1. The molecule has 0 saturated carbocycles. The van der Waals surface area contributed by atoms with Gasteiger partial charge < -0.3 is 9.47 Å². The van der Waals surface area contributed by atoms with Gasteiger partial charge in [0.25, 0.3) is 0 Å². The van der Waals surface area contributed by atoms with E-state index < -0.39 is 0 Å². The van der Waals surface area contributed by atoms with Crippen molar-refractivity contribution < 1.29 is 9.47 Å². The van der Waals surface area contributed by atoms with Crippen molar-refractivity contribution in [2.75, 3.05) is 14.2 Å². The molecule has 0 fully saturated rings. The summed E-state index contributed by atoms with van der Waals surface area (Å²) in [6, 6.07) is 8.40. The van der Waals surface area contributed by atoms with Crippen molar-refractivity contribution in [1.82, 2.24) is 0 Å². The lowest BCUT2D eigenvalue weighted by Crippen LogP contribution is -1.94. The van der Waals surface area contributed by atoms with Gasteiger partial charge in [0, 0.05) is 19.2 Å². The van der Waals surface area contributed by atoms with Crippen LogP contribution in [0.4, 0.5) is 0 Å². The fourth-order valence-corrected chi connectivity index (χ4v) is 8.23.